The van der Waals surface area contributed by atoms with Gasteiger partial charge >= 0.3 is 6.09 Å². The summed E-state index contributed by atoms with van der Waals surface area (Å²) in [4.78, 5) is 13.5. The van der Waals surface area contributed by atoms with Gasteiger partial charge in [-0.3, -0.25) is 0 Å². The summed E-state index contributed by atoms with van der Waals surface area (Å²) in [6, 6.07) is 6.34. The van der Waals surface area contributed by atoms with Crippen molar-refractivity contribution in [1.29, 1.82) is 0 Å². The summed E-state index contributed by atoms with van der Waals surface area (Å²) in [5.41, 5.74) is 0.00490. The summed E-state index contributed by atoms with van der Waals surface area (Å²) >= 11 is 3.28. The van der Waals surface area contributed by atoms with Crippen LogP contribution in [-0.2, 0) is 21.3 Å². The number of ether oxygens (including phenoxy) is 3. The molecule has 152 valence electrons. The first-order valence-electron chi connectivity index (χ1n) is 8.44. The molecule has 0 N–H and O–H groups in total. The third-order valence-corrected chi connectivity index (χ3v) is 6.36. The van der Waals surface area contributed by atoms with Gasteiger partial charge in [0.2, 0.25) is 6.79 Å². The van der Waals surface area contributed by atoms with Crippen LogP contribution in [0.25, 0.3) is 0 Å². The number of carbonyl (C=O) groups excluding carboxylic acids is 1. The van der Waals surface area contributed by atoms with Crippen molar-refractivity contribution in [3.8, 4) is 11.5 Å². The Bertz CT molecular complexity index is 1010. The Hall–Kier alpha value is -2.20. The maximum Gasteiger partial charge on any atom is 0.410 e. The van der Waals surface area contributed by atoms with Gasteiger partial charge in [-0.2, -0.15) is 0 Å². The van der Waals surface area contributed by atoms with Crippen LogP contribution >= 0.6 is 15.9 Å². The number of amides is 1. The molecule has 1 aromatic heterocycles. The summed E-state index contributed by atoms with van der Waals surface area (Å²) < 4.78 is 43.6. The van der Waals surface area contributed by atoms with Gasteiger partial charge in [-0.1, -0.05) is 6.07 Å². The van der Waals surface area contributed by atoms with Crippen LogP contribution in [0.5, 0.6) is 11.5 Å². The molecular formula is C18H21BrN2O6S. The van der Waals surface area contributed by atoms with Crippen molar-refractivity contribution >= 4 is 32.0 Å². The highest BCUT2D eigenvalue weighted by atomic mass is 79.9. The molecule has 8 nitrogen and oxygen atoms in total. The quantitative estimate of drug-likeness (QED) is 0.675. The average Bonchev–Trinajstić information content (AvgIpc) is 3.19. The van der Waals surface area contributed by atoms with E-state index in [2.05, 4.69) is 15.9 Å². The second kappa shape index (κ2) is 7.32. The first kappa shape index (κ1) is 20.5. The van der Waals surface area contributed by atoms with Gasteiger partial charge in [-0.05, 0) is 60.5 Å². The molecule has 10 heteroatoms. The Kier molecular flexibility index (Phi) is 5.37. The van der Waals surface area contributed by atoms with Gasteiger partial charge in [0.05, 0.1) is 6.54 Å². The van der Waals surface area contributed by atoms with Gasteiger partial charge in [-0.15, -0.1) is 0 Å². The molecule has 0 saturated heterocycles. The number of carbonyl (C=O) groups is 1. The van der Waals surface area contributed by atoms with E-state index in [1.165, 1.54) is 17.2 Å². The van der Waals surface area contributed by atoms with Gasteiger partial charge in [-0.25, -0.2) is 17.2 Å². The number of halogens is 1. The highest BCUT2D eigenvalue weighted by molar-refractivity contribution is 9.10. The average molecular weight is 473 g/mol. The van der Waals surface area contributed by atoms with Crippen LogP contribution in [-0.4, -0.2) is 42.8 Å². The maximum atomic E-state index is 13.1. The molecule has 1 amide bonds. The number of hydrogen-bond donors (Lipinski definition) is 0. The molecule has 0 fully saturated rings. The van der Waals surface area contributed by atoms with E-state index in [1.54, 1.807) is 46.0 Å². The largest absolute Gasteiger partial charge is 0.454 e. The predicted molar refractivity (Wildman–Crippen MR) is 105 cm³/mol. The van der Waals surface area contributed by atoms with Gasteiger partial charge in [0.1, 0.15) is 15.1 Å². The van der Waals surface area contributed by atoms with Crippen molar-refractivity contribution in [1.82, 2.24) is 8.87 Å². The highest BCUT2D eigenvalue weighted by Crippen LogP contribution is 2.39. The lowest BCUT2D eigenvalue weighted by Gasteiger charge is -2.24. The molecule has 28 heavy (non-hydrogen) atoms. The van der Waals surface area contributed by atoms with E-state index in [1.807, 2.05) is 0 Å². The zero-order chi connectivity index (χ0) is 20.7. The third kappa shape index (κ3) is 4.12. The lowest BCUT2D eigenvalue weighted by molar-refractivity contribution is 0.0285. The van der Waals surface area contributed by atoms with E-state index in [4.69, 9.17) is 14.2 Å². The number of hydrogen-bond acceptors (Lipinski definition) is 6. The number of rotatable bonds is 4. The van der Waals surface area contributed by atoms with Gasteiger partial charge in [0, 0.05) is 13.2 Å². The van der Waals surface area contributed by atoms with Crippen molar-refractivity contribution < 1.29 is 27.4 Å². The van der Waals surface area contributed by atoms with Crippen molar-refractivity contribution in [2.24, 2.45) is 0 Å². The van der Waals surface area contributed by atoms with Crippen LogP contribution < -0.4 is 9.47 Å². The van der Waals surface area contributed by atoms with Crippen LogP contribution in [0, 0.1) is 0 Å². The Labute approximate surface area is 172 Å². The first-order chi connectivity index (χ1) is 13.0. The number of aromatic nitrogens is 1. The van der Waals surface area contributed by atoms with Crippen molar-refractivity contribution in [2.75, 3.05) is 13.8 Å². The molecule has 3 rings (SSSR count). The van der Waals surface area contributed by atoms with Crippen molar-refractivity contribution in [2.45, 2.75) is 37.8 Å². The molecule has 0 saturated carbocycles. The minimum absolute atomic E-state index is 0.00541. The summed E-state index contributed by atoms with van der Waals surface area (Å²) in [6.45, 7) is 5.50. The monoisotopic (exact) mass is 472 g/mol. The van der Waals surface area contributed by atoms with Crippen molar-refractivity contribution in [3.63, 3.8) is 0 Å². The van der Waals surface area contributed by atoms with E-state index in [0.717, 1.165) is 3.97 Å². The minimum atomic E-state index is -3.93. The SMILES string of the molecule is CN(Cc1cc(Br)n(S(=O)(=O)c2cccc3c2OCO3)c1)C(=O)OC(C)(C)C. The number of para-hydroxylation sites is 1. The Morgan fingerprint density at radius 2 is 2.04 bits per heavy atom. The van der Waals surface area contributed by atoms with Crippen LogP contribution in [0.15, 0.2) is 40.0 Å². The second-order valence-corrected chi connectivity index (χ2v) is 9.89. The molecule has 1 aromatic carbocycles. The Balaban J connectivity index is 1.86. The standard InChI is InChI=1S/C18H21BrN2O6S/c1-18(2,3)27-17(22)20(4)9-12-8-15(19)21(10-12)28(23,24)14-7-5-6-13-16(14)26-11-25-13/h5-8,10H,9,11H2,1-4H3. The molecule has 0 unspecified atom stereocenters. The van der Waals surface area contributed by atoms with E-state index in [0.29, 0.717) is 15.9 Å². The fraction of sp³-hybridized carbons (Fsp3) is 0.389. The molecule has 0 aliphatic carbocycles. The van der Waals surface area contributed by atoms with Crippen LogP contribution in [0.3, 0.4) is 0 Å². The normalized spacial score (nSPS) is 13.5. The highest BCUT2D eigenvalue weighted by Gasteiger charge is 2.29. The summed E-state index contributed by atoms with van der Waals surface area (Å²) in [6.07, 6.45) is 0.959. The molecule has 1 aliphatic heterocycles. The lowest BCUT2D eigenvalue weighted by Crippen LogP contribution is -2.33. The number of fused-ring (bicyclic) bond motifs is 1. The molecule has 0 bridgehead atoms. The lowest BCUT2D eigenvalue weighted by atomic mass is 10.2. The molecule has 0 atom stereocenters. The number of benzene rings is 1. The van der Waals surface area contributed by atoms with Crippen LogP contribution in [0.1, 0.15) is 26.3 Å². The Morgan fingerprint density at radius 1 is 1.32 bits per heavy atom. The van der Waals surface area contributed by atoms with Crippen molar-refractivity contribution in [3.05, 3.63) is 40.6 Å². The molecule has 0 spiro atoms. The van der Waals surface area contributed by atoms with Crippen LogP contribution in [0.4, 0.5) is 4.79 Å². The third-order valence-electron chi connectivity index (χ3n) is 3.82. The minimum Gasteiger partial charge on any atom is -0.454 e. The first-order valence-corrected chi connectivity index (χ1v) is 10.7. The van der Waals surface area contributed by atoms with Gasteiger partial charge in [0.15, 0.2) is 11.5 Å². The smallest absolute Gasteiger partial charge is 0.410 e. The van der Waals surface area contributed by atoms with E-state index in [-0.39, 0.29) is 24.0 Å². The van der Waals surface area contributed by atoms with Crippen LogP contribution in [0.2, 0.25) is 0 Å². The predicted octanol–water partition coefficient (Wildman–Crippen LogP) is 3.58. The fourth-order valence-electron chi connectivity index (χ4n) is 2.63. The van der Waals surface area contributed by atoms with Gasteiger partial charge < -0.3 is 19.1 Å². The molecule has 1 aliphatic rings. The fourth-order valence-corrected chi connectivity index (χ4v) is 5.01. The molecular weight excluding hydrogens is 452 g/mol. The molecule has 2 aromatic rings. The van der Waals surface area contributed by atoms with E-state index < -0.39 is 21.7 Å². The van der Waals surface area contributed by atoms with E-state index >= 15 is 0 Å². The molecule has 2 heterocycles. The van der Waals surface area contributed by atoms with Gasteiger partial charge in [0.25, 0.3) is 10.0 Å². The topological polar surface area (TPSA) is 87.1 Å². The molecule has 0 radical (unpaired) electrons. The second-order valence-electron chi connectivity index (χ2n) is 7.30. The number of nitrogens with zero attached hydrogens (tertiary/aromatic N) is 2. The Morgan fingerprint density at radius 3 is 2.71 bits per heavy atom. The van der Waals surface area contributed by atoms with E-state index in [9.17, 15) is 13.2 Å². The summed E-state index contributed by atoms with van der Waals surface area (Å²) in [7, 11) is -2.34. The zero-order valence-electron chi connectivity index (χ0n) is 15.9. The zero-order valence-corrected chi connectivity index (χ0v) is 18.3. The summed E-state index contributed by atoms with van der Waals surface area (Å²) in [5, 5.41) is 0. The maximum absolute atomic E-state index is 13.1. The summed E-state index contributed by atoms with van der Waals surface area (Å²) in [5.74, 6) is 0.574.